The highest BCUT2D eigenvalue weighted by molar-refractivity contribution is 6.49. The Balaban J connectivity index is 1.85. The van der Waals surface area contributed by atoms with Crippen molar-refractivity contribution in [3.8, 4) is 0 Å². The predicted octanol–water partition coefficient (Wildman–Crippen LogP) is 7.25. The quantitative estimate of drug-likeness (QED) is 0.367. The van der Waals surface area contributed by atoms with Gasteiger partial charge in [-0.3, -0.25) is 0 Å². The molecule has 0 nitrogen and oxygen atoms in total. The van der Waals surface area contributed by atoms with Gasteiger partial charge in [0.15, 0.2) is 0 Å². The first-order valence-electron chi connectivity index (χ1n) is 11.7. The number of hydrogen-bond acceptors (Lipinski definition) is 0. The average molecular weight is 403 g/mol. The number of hydrogen-bond donors (Lipinski definition) is 0. The molecule has 0 spiro atoms. The van der Waals surface area contributed by atoms with E-state index in [0.29, 0.717) is 5.54 Å². The van der Waals surface area contributed by atoms with Crippen LogP contribution in [-0.2, 0) is 12.8 Å². The van der Waals surface area contributed by atoms with Crippen molar-refractivity contribution in [2.45, 2.75) is 78.2 Å². The fourth-order valence-corrected chi connectivity index (χ4v) is 6.77. The molecular weight excluding hydrogens is 364 g/mol. The van der Waals surface area contributed by atoms with Gasteiger partial charge in [0.1, 0.15) is 0 Å². The van der Waals surface area contributed by atoms with Crippen LogP contribution in [0.25, 0.3) is 0 Å². The minimum absolute atomic E-state index is 0.403. The summed E-state index contributed by atoms with van der Waals surface area (Å²) in [5.74, 6) is 0. The largest absolute Gasteiger partial charge is 0.0801 e. The number of unbranched alkanes of at least 4 members (excludes halogenated alkanes) is 2. The maximum atomic E-state index is 2.43. The van der Waals surface area contributed by atoms with Crippen LogP contribution in [-0.4, -0.2) is 9.52 Å². The van der Waals surface area contributed by atoms with E-state index in [4.69, 9.17) is 0 Å². The Morgan fingerprint density at radius 1 is 0.759 bits per heavy atom. The van der Waals surface area contributed by atoms with Crippen LogP contribution < -0.4 is 0 Å². The van der Waals surface area contributed by atoms with Gasteiger partial charge in [-0.05, 0) is 68.2 Å². The highest BCUT2D eigenvalue weighted by Gasteiger charge is 2.20. The van der Waals surface area contributed by atoms with E-state index in [2.05, 4.69) is 82.3 Å². The van der Waals surface area contributed by atoms with Crippen LogP contribution in [0, 0.1) is 0 Å². The molecule has 29 heavy (non-hydrogen) atoms. The van der Waals surface area contributed by atoms with E-state index in [1.165, 1.54) is 72.8 Å². The third-order valence-corrected chi connectivity index (χ3v) is 9.29. The van der Waals surface area contributed by atoms with Crippen LogP contribution in [0.4, 0.5) is 0 Å². The van der Waals surface area contributed by atoms with Crippen molar-refractivity contribution < 1.29 is 0 Å². The number of benzene rings is 2. The zero-order chi connectivity index (χ0) is 20.6. The van der Waals surface area contributed by atoms with Gasteiger partial charge in [-0.15, -0.1) is 0 Å². The van der Waals surface area contributed by atoms with Crippen LogP contribution in [0.3, 0.4) is 0 Å². The minimum atomic E-state index is -0.403. The molecule has 1 heteroatoms. The molecule has 1 aliphatic carbocycles. The lowest BCUT2D eigenvalue weighted by Crippen LogP contribution is -2.13. The molecule has 0 saturated heterocycles. The highest BCUT2D eigenvalue weighted by atomic mass is 28.2. The van der Waals surface area contributed by atoms with Crippen molar-refractivity contribution in [3.05, 3.63) is 93.2 Å². The Hall–Kier alpha value is -1.86. The molecule has 0 bridgehead atoms. The summed E-state index contributed by atoms with van der Waals surface area (Å²) in [4.78, 5) is 0. The number of rotatable bonds is 10. The zero-order valence-corrected chi connectivity index (χ0v) is 20.3. The van der Waals surface area contributed by atoms with Gasteiger partial charge in [0.2, 0.25) is 0 Å². The molecule has 2 aromatic rings. The molecule has 0 aromatic heterocycles. The van der Waals surface area contributed by atoms with Gasteiger partial charge in [-0.2, -0.15) is 0 Å². The summed E-state index contributed by atoms with van der Waals surface area (Å²) in [6, 6.07) is 19.2. The number of allylic oxidation sites excluding steroid dienone is 4. The molecule has 154 valence electrons. The third kappa shape index (κ3) is 5.82. The Morgan fingerprint density at radius 2 is 1.24 bits per heavy atom. The molecule has 0 unspecified atom stereocenters. The first-order valence-corrected chi connectivity index (χ1v) is 13.2. The van der Waals surface area contributed by atoms with E-state index >= 15 is 0 Å². The van der Waals surface area contributed by atoms with E-state index in [0.717, 1.165) is 0 Å². The predicted molar refractivity (Wildman–Crippen MR) is 132 cm³/mol. The van der Waals surface area contributed by atoms with Gasteiger partial charge < -0.3 is 0 Å². The molecule has 0 radical (unpaired) electrons. The highest BCUT2D eigenvalue weighted by Crippen LogP contribution is 2.32. The second-order valence-electron chi connectivity index (χ2n) is 8.77. The lowest BCUT2D eigenvalue weighted by atomic mass is 9.99. The average Bonchev–Trinajstić information content (AvgIpc) is 3.07. The molecule has 0 N–H and O–H groups in total. The van der Waals surface area contributed by atoms with Crippen LogP contribution in [0.15, 0.2) is 70.9 Å². The standard InChI is InChI=1S/C28H38Si/c1-5-7-9-23-12-16-25(17-13-23)28(29-27-20-11-21(3)22(27)4)26-18-14-24(15-19-26)10-8-6-2/h11-19,28H,5-10,20,29H2,1-4H3. The summed E-state index contributed by atoms with van der Waals surface area (Å²) in [7, 11) is -0.403. The molecule has 0 amide bonds. The lowest BCUT2D eigenvalue weighted by Gasteiger charge is -2.20. The van der Waals surface area contributed by atoms with E-state index in [9.17, 15) is 0 Å². The SMILES string of the molecule is CCCCc1ccc(C([SiH2]C2=C(C)C(C)=CC2)c2ccc(CCCC)cc2)cc1. The molecule has 0 saturated carbocycles. The van der Waals surface area contributed by atoms with E-state index in [1.54, 1.807) is 10.8 Å². The van der Waals surface area contributed by atoms with E-state index < -0.39 is 9.52 Å². The maximum Gasteiger partial charge on any atom is 0.0635 e. The third-order valence-electron chi connectivity index (χ3n) is 6.63. The summed E-state index contributed by atoms with van der Waals surface area (Å²) in [6.45, 7) is 9.15. The van der Waals surface area contributed by atoms with Crippen LogP contribution in [0.1, 0.15) is 87.6 Å². The van der Waals surface area contributed by atoms with Crippen LogP contribution >= 0.6 is 0 Å². The van der Waals surface area contributed by atoms with Gasteiger partial charge in [-0.25, -0.2) is 0 Å². The molecule has 0 fully saturated rings. The smallest absolute Gasteiger partial charge is 0.0635 e. The summed E-state index contributed by atoms with van der Waals surface area (Å²) in [6.07, 6.45) is 11.1. The van der Waals surface area contributed by atoms with Gasteiger partial charge in [0.05, 0.1) is 9.52 Å². The molecule has 0 aliphatic heterocycles. The first kappa shape index (κ1) is 21.8. The lowest BCUT2D eigenvalue weighted by molar-refractivity contribution is 0.794. The van der Waals surface area contributed by atoms with Crippen molar-refractivity contribution in [2.24, 2.45) is 0 Å². The fraction of sp³-hybridized carbons (Fsp3) is 0.429. The van der Waals surface area contributed by atoms with Crippen molar-refractivity contribution in [1.82, 2.24) is 0 Å². The Bertz CT molecular complexity index is 785. The van der Waals surface area contributed by atoms with Crippen molar-refractivity contribution in [1.29, 1.82) is 0 Å². The van der Waals surface area contributed by atoms with Crippen LogP contribution in [0.2, 0.25) is 0 Å². The van der Waals surface area contributed by atoms with E-state index in [-0.39, 0.29) is 0 Å². The number of aryl methyl sites for hydroxylation is 2. The summed E-state index contributed by atoms with van der Waals surface area (Å²) in [5.41, 5.74) is 9.65. The second kappa shape index (κ2) is 10.8. The zero-order valence-electron chi connectivity index (χ0n) is 18.9. The summed E-state index contributed by atoms with van der Waals surface area (Å²) in [5, 5.41) is 1.75. The molecule has 1 aliphatic rings. The van der Waals surface area contributed by atoms with Crippen molar-refractivity contribution >= 4 is 9.52 Å². The topological polar surface area (TPSA) is 0 Å². The van der Waals surface area contributed by atoms with Crippen molar-refractivity contribution in [2.75, 3.05) is 0 Å². The normalized spacial score (nSPS) is 14.4. The van der Waals surface area contributed by atoms with Gasteiger partial charge in [0.25, 0.3) is 0 Å². The molecule has 3 rings (SSSR count). The molecule has 0 heterocycles. The van der Waals surface area contributed by atoms with Crippen LogP contribution in [0.5, 0.6) is 0 Å². The molecular formula is C28H38Si. The second-order valence-corrected chi connectivity index (χ2v) is 10.8. The Morgan fingerprint density at radius 3 is 1.62 bits per heavy atom. The van der Waals surface area contributed by atoms with E-state index in [1.807, 2.05) is 0 Å². The van der Waals surface area contributed by atoms with Gasteiger partial charge in [-0.1, -0.05) is 97.6 Å². The summed E-state index contributed by atoms with van der Waals surface area (Å²) >= 11 is 0. The molecule has 2 aromatic carbocycles. The Labute approximate surface area is 181 Å². The Kier molecular flexibility index (Phi) is 8.12. The van der Waals surface area contributed by atoms with Gasteiger partial charge >= 0.3 is 0 Å². The van der Waals surface area contributed by atoms with Gasteiger partial charge in [0, 0.05) is 5.54 Å². The minimum Gasteiger partial charge on any atom is -0.0801 e. The van der Waals surface area contributed by atoms with Crippen molar-refractivity contribution in [3.63, 3.8) is 0 Å². The fourth-order valence-electron chi connectivity index (χ4n) is 4.37. The maximum absolute atomic E-state index is 2.43. The summed E-state index contributed by atoms with van der Waals surface area (Å²) < 4.78 is 0. The first-order chi connectivity index (χ1) is 14.1. The molecule has 0 atom stereocenters. The monoisotopic (exact) mass is 402 g/mol.